The Hall–Kier alpha value is -1.69. The van der Waals surface area contributed by atoms with E-state index in [0.29, 0.717) is 11.5 Å². The van der Waals surface area contributed by atoms with E-state index in [2.05, 4.69) is 20.3 Å². The highest BCUT2D eigenvalue weighted by Crippen LogP contribution is 2.19. The van der Waals surface area contributed by atoms with Gasteiger partial charge in [-0.25, -0.2) is 4.98 Å². The van der Waals surface area contributed by atoms with Gasteiger partial charge in [-0.3, -0.25) is 9.97 Å². The molecule has 78 valence electrons. The van der Waals surface area contributed by atoms with Crippen molar-refractivity contribution in [3.8, 4) is 0 Å². The third kappa shape index (κ3) is 2.63. The van der Waals surface area contributed by atoms with Crippen LogP contribution in [0.25, 0.3) is 0 Å². The Morgan fingerprint density at radius 1 is 1.27 bits per heavy atom. The lowest BCUT2D eigenvalue weighted by atomic mass is 10.4. The van der Waals surface area contributed by atoms with Crippen LogP contribution in [0.3, 0.4) is 0 Å². The van der Waals surface area contributed by atoms with Crippen molar-refractivity contribution < 1.29 is 0 Å². The molecule has 0 aliphatic carbocycles. The molecule has 0 unspecified atom stereocenters. The zero-order valence-corrected chi connectivity index (χ0v) is 9.08. The molecule has 2 aromatic heterocycles. The van der Waals surface area contributed by atoms with E-state index in [9.17, 15) is 0 Å². The molecule has 6 heteroatoms. The molecule has 3 N–H and O–H groups in total. The Labute approximate surface area is 91.4 Å². The van der Waals surface area contributed by atoms with Gasteiger partial charge in [0.05, 0.1) is 30.3 Å². The molecule has 0 amide bonds. The Balaban J connectivity index is 1.96. The second-order valence-electron chi connectivity index (χ2n) is 3.07. The molecule has 15 heavy (non-hydrogen) atoms. The van der Waals surface area contributed by atoms with Crippen molar-refractivity contribution in [3.63, 3.8) is 0 Å². The van der Waals surface area contributed by atoms with Gasteiger partial charge in [-0.2, -0.15) is 0 Å². The first kappa shape index (κ1) is 9.85. The summed E-state index contributed by atoms with van der Waals surface area (Å²) in [4.78, 5) is 12.5. The van der Waals surface area contributed by atoms with E-state index < -0.39 is 0 Å². The highest BCUT2D eigenvalue weighted by atomic mass is 32.1. The second kappa shape index (κ2) is 4.22. The summed E-state index contributed by atoms with van der Waals surface area (Å²) >= 11 is 1.42. The second-order valence-corrected chi connectivity index (χ2v) is 4.13. The molecule has 0 aliphatic heterocycles. The molecule has 2 aromatic rings. The number of thiazole rings is 1. The third-order valence-corrected chi connectivity index (χ3v) is 2.56. The number of nitrogen functional groups attached to an aromatic ring is 1. The van der Waals surface area contributed by atoms with Gasteiger partial charge in [-0.15, -0.1) is 0 Å². The first-order valence-electron chi connectivity index (χ1n) is 4.47. The molecule has 0 aromatic carbocycles. The Bertz CT molecular complexity index is 436. The Kier molecular flexibility index (Phi) is 2.77. The van der Waals surface area contributed by atoms with Gasteiger partial charge < -0.3 is 11.1 Å². The molecule has 2 rings (SSSR count). The van der Waals surface area contributed by atoms with E-state index in [1.54, 1.807) is 18.6 Å². The number of nitrogens with two attached hydrogens (primary N) is 1. The van der Waals surface area contributed by atoms with Crippen molar-refractivity contribution in [1.82, 2.24) is 15.0 Å². The average molecular weight is 221 g/mol. The molecule has 0 saturated heterocycles. The van der Waals surface area contributed by atoms with Gasteiger partial charge in [-0.1, -0.05) is 11.3 Å². The van der Waals surface area contributed by atoms with Crippen molar-refractivity contribution in [2.45, 2.75) is 13.5 Å². The lowest BCUT2D eigenvalue weighted by Gasteiger charge is -2.01. The lowest BCUT2D eigenvalue weighted by molar-refractivity contribution is 0.982. The minimum atomic E-state index is 0.611. The maximum atomic E-state index is 5.56. The van der Waals surface area contributed by atoms with E-state index >= 15 is 0 Å². The Morgan fingerprint density at radius 3 is 2.73 bits per heavy atom. The van der Waals surface area contributed by atoms with Gasteiger partial charge in [0, 0.05) is 6.20 Å². The van der Waals surface area contributed by atoms with E-state index in [4.69, 9.17) is 5.73 Å². The summed E-state index contributed by atoms with van der Waals surface area (Å²) in [6.07, 6.45) is 5.13. The maximum Gasteiger partial charge on any atom is 0.184 e. The highest BCUT2D eigenvalue weighted by Gasteiger charge is 1.99. The number of nitrogens with zero attached hydrogens (tertiary/aromatic N) is 3. The summed E-state index contributed by atoms with van der Waals surface area (Å²) in [6.45, 7) is 2.52. The van der Waals surface area contributed by atoms with Crippen molar-refractivity contribution in [3.05, 3.63) is 30.0 Å². The van der Waals surface area contributed by atoms with Crippen LogP contribution in [0.5, 0.6) is 0 Å². The summed E-state index contributed by atoms with van der Waals surface area (Å²) in [5.74, 6) is 0. The Morgan fingerprint density at radius 2 is 2.13 bits per heavy atom. The van der Waals surface area contributed by atoms with E-state index in [0.717, 1.165) is 16.5 Å². The zero-order valence-electron chi connectivity index (χ0n) is 8.27. The topological polar surface area (TPSA) is 76.7 Å². The van der Waals surface area contributed by atoms with Crippen LogP contribution >= 0.6 is 11.3 Å². The molecule has 5 nitrogen and oxygen atoms in total. The minimum absolute atomic E-state index is 0.611. The highest BCUT2D eigenvalue weighted by molar-refractivity contribution is 7.19. The predicted octanol–water partition coefficient (Wildman–Crippen LogP) is 1.44. The number of nitrogens with one attached hydrogen (secondary N) is 1. The third-order valence-electron chi connectivity index (χ3n) is 1.78. The molecule has 0 aliphatic rings. The van der Waals surface area contributed by atoms with Crippen molar-refractivity contribution in [2.24, 2.45) is 0 Å². The smallest absolute Gasteiger partial charge is 0.184 e. The fourth-order valence-corrected chi connectivity index (χ4v) is 1.62. The quantitative estimate of drug-likeness (QED) is 0.820. The minimum Gasteiger partial charge on any atom is -0.389 e. The number of anilines is 2. The summed E-state index contributed by atoms with van der Waals surface area (Å²) in [5, 5.41) is 4.63. The first-order valence-corrected chi connectivity index (χ1v) is 5.28. The van der Waals surface area contributed by atoms with Gasteiger partial charge in [0.2, 0.25) is 0 Å². The monoisotopic (exact) mass is 221 g/mol. The van der Waals surface area contributed by atoms with Crippen LogP contribution in [-0.4, -0.2) is 15.0 Å². The van der Waals surface area contributed by atoms with Gasteiger partial charge in [0.1, 0.15) is 5.00 Å². The number of rotatable bonds is 3. The fraction of sp³-hybridized carbons (Fsp3) is 0.222. The molecular weight excluding hydrogens is 210 g/mol. The molecule has 0 spiro atoms. The van der Waals surface area contributed by atoms with E-state index in [1.807, 2.05) is 6.92 Å². The molecule has 0 radical (unpaired) electrons. The van der Waals surface area contributed by atoms with E-state index in [-0.39, 0.29) is 0 Å². The van der Waals surface area contributed by atoms with Gasteiger partial charge in [0.25, 0.3) is 0 Å². The first-order chi connectivity index (χ1) is 7.24. The standard InChI is InChI=1S/C9H11N5S/c1-6-2-12-7(3-11-6)4-13-9-14-5-8(10)15-9/h2-3,5H,4,10H2,1H3,(H,13,14). The molecule has 0 atom stereocenters. The number of hydrogen-bond acceptors (Lipinski definition) is 6. The SMILES string of the molecule is Cc1cnc(CNc2ncc(N)s2)cn1. The van der Waals surface area contributed by atoms with Crippen LogP contribution in [0.15, 0.2) is 18.6 Å². The zero-order chi connectivity index (χ0) is 10.7. The molecule has 2 heterocycles. The summed E-state index contributed by atoms with van der Waals surface area (Å²) < 4.78 is 0. The van der Waals surface area contributed by atoms with Crippen LogP contribution in [0.1, 0.15) is 11.4 Å². The van der Waals surface area contributed by atoms with E-state index in [1.165, 1.54) is 11.3 Å². The summed E-state index contributed by atoms with van der Waals surface area (Å²) in [5.41, 5.74) is 7.35. The maximum absolute atomic E-state index is 5.56. The normalized spacial score (nSPS) is 10.2. The average Bonchev–Trinajstić information content (AvgIpc) is 2.64. The number of hydrogen-bond donors (Lipinski definition) is 2. The van der Waals surface area contributed by atoms with Crippen molar-refractivity contribution in [2.75, 3.05) is 11.1 Å². The van der Waals surface area contributed by atoms with Gasteiger partial charge in [0.15, 0.2) is 5.13 Å². The fourth-order valence-electron chi connectivity index (χ4n) is 1.05. The van der Waals surface area contributed by atoms with Crippen molar-refractivity contribution >= 4 is 21.5 Å². The lowest BCUT2D eigenvalue weighted by Crippen LogP contribution is -2.01. The molecule has 0 fully saturated rings. The van der Waals surface area contributed by atoms with Crippen LogP contribution in [0.2, 0.25) is 0 Å². The summed E-state index contributed by atoms with van der Waals surface area (Å²) in [7, 11) is 0. The number of aromatic nitrogens is 3. The molecule has 0 bridgehead atoms. The van der Waals surface area contributed by atoms with Crippen LogP contribution < -0.4 is 11.1 Å². The van der Waals surface area contributed by atoms with Crippen LogP contribution in [-0.2, 0) is 6.54 Å². The van der Waals surface area contributed by atoms with Gasteiger partial charge in [-0.05, 0) is 6.92 Å². The number of aryl methyl sites for hydroxylation is 1. The van der Waals surface area contributed by atoms with Crippen molar-refractivity contribution in [1.29, 1.82) is 0 Å². The molecule has 0 saturated carbocycles. The largest absolute Gasteiger partial charge is 0.389 e. The van der Waals surface area contributed by atoms with Crippen LogP contribution in [0, 0.1) is 6.92 Å². The predicted molar refractivity (Wildman–Crippen MR) is 60.6 cm³/mol. The summed E-state index contributed by atoms with van der Waals surface area (Å²) in [6, 6.07) is 0. The van der Waals surface area contributed by atoms with Crippen LogP contribution in [0.4, 0.5) is 10.1 Å². The van der Waals surface area contributed by atoms with Gasteiger partial charge >= 0.3 is 0 Å². The molecular formula is C9H11N5S.